The highest BCUT2D eigenvalue weighted by atomic mass is 79.9. The lowest BCUT2D eigenvalue weighted by Crippen LogP contribution is -2.29. The first-order valence-corrected chi connectivity index (χ1v) is 7.93. The number of piperidine rings is 1. The van der Waals surface area contributed by atoms with Crippen molar-refractivity contribution in [3.63, 3.8) is 0 Å². The largest absolute Gasteiger partial charge is 0.444 e. The first-order chi connectivity index (χ1) is 10.2. The maximum Gasteiger partial charge on any atom is 0.291 e. The Morgan fingerprint density at radius 3 is 2.38 bits per heavy atom. The van der Waals surface area contributed by atoms with Gasteiger partial charge in [0.2, 0.25) is 0 Å². The van der Waals surface area contributed by atoms with Crippen LogP contribution in [0, 0.1) is 0 Å². The van der Waals surface area contributed by atoms with Gasteiger partial charge in [0.05, 0.1) is 0 Å². The molecule has 2 heterocycles. The van der Waals surface area contributed by atoms with Crippen molar-refractivity contribution in [2.75, 3.05) is 23.3 Å². The summed E-state index contributed by atoms with van der Waals surface area (Å²) in [5.74, 6) is 0.0494. The normalized spacial score (nSPS) is 15.0. The number of rotatable bonds is 3. The average molecular weight is 349 g/mol. The molecule has 0 unspecified atom stereocenters. The van der Waals surface area contributed by atoms with Gasteiger partial charge in [-0.25, -0.2) is 0 Å². The number of nitrogens with zero attached hydrogens (tertiary/aromatic N) is 1. The lowest BCUT2D eigenvalue weighted by atomic mass is 10.1. The minimum Gasteiger partial charge on any atom is -0.444 e. The lowest BCUT2D eigenvalue weighted by Gasteiger charge is -2.28. The lowest BCUT2D eigenvalue weighted by molar-refractivity contribution is 0.0995. The molecule has 1 amide bonds. The van der Waals surface area contributed by atoms with Gasteiger partial charge in [0, 0.05) is 24.5 Å². The number of amides is 1. The van der Waals surface area contributed by atoms with Gasteiger partial charge in [-0.15, -0.1) is 0 Å². The predicted molar refractivity (Wildman–Crippen MR) is 86.9 cm³/mol. The number of benzene rings is 1. The van der Waals surface area contributed by atoms with Crippen LogP contribution in [0.5, 0.6) is 0 Å². The molecule has 1 aromatic heterocycles. The summed E-state index contributed by atoms with van der Waals surface area (Å²) in [4.78, 5) is 14.4. The maximum atomic E-state index is 12.0. The second kappa shape index (κ2) is 6.35. The molecule has 1 N–H and O–H groups in total. The zero-order chi connectivity index (χ0) is 14.7. The number of carbonyl (C=O) groups excluding carboxylic acids is 1. The molecule has 110 valence electrons. The zero-order valence-electron chi connectivity index (χ0n) is 11.6. The minimum absolute atomic E-state index is 0.244. The summed E-state index contributed by atoms with van der Waals surface area (Å²) < 4.78 is 5.78. The van der Waals surface area contributed by atoms with Gasteiger partial charge in [0.15, 0.2) is 10.4 Å². The Hall–Kier alpha value is -1.75. The van der Waals surface area contributed by atoms with E-state index in [1.807, 2.05) is 12.1 Å². The van der Waals surface area contributed by atoms with E-state index in [-0.39, 0.29) is 5.91 Å². The molecule has 3 rings (SSSR count). The first-order valence-electron chi connectivity index (χ1n) is 7.14. The van der Waals surface area contributed by atoms with Gasteiger partial charge in [-0.05, 0) is 71.6 Å². The Morgan fingerprint density at radius 1 is 1.05 bits per heavy atom. The molecule has 1 fully saturated rings. The van der Waals surface area contributed by atoms with E-state index >= 15 is 0 Å². The molecule has 1 aromatic carbocycles. The van der Waals surface area contributed by atoms with Crippen LogP contribution >= 0.6 is 15.9 Å². The third-order valence-electron chi connectivity index (χ3n) is 3.64. The fraction of sp³-hybridized carbons (Fsp3) is 0.312. The average Bonchev–Trinajstić information content (AvgIpc) is 2.96. The van der Waals surface area contributed by atoms with Gasteiger partial charge < -0.3 is 14.6 Å². The molecule has 0 atom stereocenters. The second-order valence-electron chi connectivity index (χ2n) is 5.15. The van der Waals surface area contributed by atoms with Crippen molar-refractivity contribution in [1.29, 1.82) is 0 Å². The Labute approximate surface area is 132 Å². The van der Waals surface area contributed by atoms with E-state index in [9.17, 15) is 4.79 Å². The molecule has 2 aromatic rings. The minimum atomic E-state index is -0.244. The molecule has 1 saturated heterocycles. The van der Waals surface area contributed by atoms with Crippen molar-refractivity contribution < 1.29 is 9.21 Å². The molecule has 5 heteroatoms. The molecule has 1 aliphatic rings. The number of halogens is 1. The van der Waals surface area contributed by atoms with Gasteiger partial charge in [0.1, 0.15) is 0 Å². The molecule has 0 spiro atoms. The first kappa shape index (κ1) is 14.2. The van der Waals surface area contributed by atoms with Crippen molar-refractivity contribution in [1.82, 2.24) is 0 Å². The van der Waals surface area contributed by atoms with Crippen LogP contribution in [0.1, 0.15) is 29.8 Å². The summed E-state index contributed by atoms with van der Waals surface area (Å²) in [6.45, 7) is 2.23. The van der Waals surface area contributed by atoms with Crippen LogP contribution in [0.3, 0.4) is 0 Å². The number of hydrogen-bond acceptors (Lipinski definition) is 3. The fourth-order valence-electron chi connectivity index (χ4n) is 2.54. The van der Waals surface area contributed by atoms with Crippen molar-refractivity contribution >= 4 is 33.2 Å². The van der Waals surface area contributed by atoms with Crippen molar-refractivity contribution in [3.8, 4) is 0 Å². The second-order valence-corrected chi connectivity index (χ2v) is 5.93. The van der Waals surface area contributed by atoms with Gasteiger partial charge in [-0.3, -0.25) is 4.79 Å². The molecule has 0 saturated carbocycles. The van der Waals surface area contributed by atoms with Gasteiger partial charge in [0.25, 0.3) is 5.91 Å². The van der Waals surface area contributed by atoms with E-state index in [0.717, 1.165) is 18.8 Å². The molecular weight excluding hydrogens is 332 g/mol. The molecule has 0 bridgehead atoms. The number of anilines is 2. The smallest absolute Gasteiger partial charge is 0.291 e. The standard InChI is InChI=1S/C16H17BrN2O2/c17-15-9-8-14(21-15)16(20)18-12-4-6-13(7-5-12)19-10-2-1-3-11-19/h4-9H,1-3,10-11H2,(H,18,20). The zero-order valence-corrected chi connectivity index (χ0v) is 13.2. The quantitative estimate of drug-likeness (QED) is 0.899. The monoisotopic (exact) mass is 348 g/mol. The Bertz CT molecular complexity index is 615. The summed E-state index contributed by atoms with van der Waals surface area (Å²) in [6.07, 6.45) is 3.83. The van der Waals surface area contributed by atoms with Gasteiger partial charge in [-0.1, -0.05) is 0 Å². The summed E-state index contributed by atoms with van der Waals surface area (Å²) in [7, 11) is 0. The Balaban J connectivity index is 1.65. The third-order valence-corrected chi connectivity index (χ3v) is 4.07. The fourth-order valence-corrected chi connectivity index (χ4v) is 2.84. The van der Waals surface area contributed by atoms with Crippen molar-refractivity contribution in [2.45, 2.75) is 19.3 Å². The molecule has 0 radical (unpaired) electrons. The summed E-state index contributed by atoms with van der Waals surface area (Å²) >= 11 is 3.19. The Kier molecular flexibility index (Phi) is 4.29. The maximum absolute atomic E-state index is 12.0. The third kappa shape index (κ3) is 3.47. The molecule has 4 nitrogen and oxygen atoms in total. The highest BCUT2D eigenvalue weighted by Crippen LogP contribution is 2.22. The van der Waals surface area contributed by atoms with E-state index in [1.165, 1.54) is 24.9 Å². The van der Waals surface area contributed by atoms with E-state index in [2.05, 4.69) is 38.3 Å². The van der Waals surface area contributed by atoms with Crippen LogP contribution in [0.15, 0.2) is 45.5 Å². The highest BCUT2D eigenvalue weighted by molar-refractivity contribution is 9.10. The van der Waals surface area contributed by atoms with Crippen LogP contribution in [-0.2, 0) is 0 Å². The van der Waals surface area contributed by atoms with Crippen LogP contribution in [-0.4, -0.2) is 19.0 Å². The Morgan fingerprint density at radius 2 is 1.76 bits per heavy atom. The van der Waals surface area contributed by atoms with Gasteiger partial charge in [-0.2, -0.15) is 0 Å². The van der Waals surface area contributed by atoms with Crippen LogP contribution in [0.4, 0.5) is 11.4 Å². The van der Waals surface area contributed by atoms with Crippen LogP contribution in [0.2, 0.25) is 0 Å². The van der Waals surface area contributed by atoms with Crippen LogP contribution in [0.25, 0.3) is 0 Å². The molecule has 0 aliphatic carbocycles. The number of hydrogen-bond donors (Lipinski definition) is 1. The van der Waals surface area contributed by atoms with E-state index in [1.54, 1.807) is 12.1 Å². The topological polar surface area (TPSA) is 45.5 Å². The molecule has 21 heavy (non-hydrogen) atoms. The molecular formula is C16H17BrN2O2. The van der Waals surface area contributed by atoms with Crippen molar-refractivity contribution in [3.05, 3.63) is 46.8 Å². The van der Waals surface area contributed by atoms with E-state index in [0.29, 0.717) is 10.4 Å². The summed E-state index contributed by atoms with van der Waals surface area (Å²) in [5, 5.41) is 2.83. The predicted octanol–water partition coefficient (Wildman–Crippen LogP) is 4.28. The summed E-state index contributed by atoms with van der Waals surface area (Å²) in [5.41, 5.74) is 1.99. The van der Waals surface area contributed by atoms with Crippen molar-refractivity contribution in [2.24, 2.45) is 0 Å². The molecule has 1 aliphatic heterocycles. The number of nitrogens with one attached hydrogen (secondary N) is 1. The number of furan rings is 1. The highest BCUT2D eigenvalue weighted by Gasteiger charge is 2.12. The van der Waals surface area contributed by atoms with Crippen LogP contribution < -0.4 is 10.2 Å². The number of carbonyl (C=O) groups is 1. The summed E-state index contributed by atoms with van der Waals surface area (Å²) in [6, 6.07) is 11.3. The van der Waals surface area contributed by atoms with Gasteiger partial charge >= 0.3 is 0 Å². The SMILES string of the molecule is O=C(Nc1ccc(N2CCCCC2)cc1)c1ccc(Br)o1. The van der Waals surface area contributed by atoms with E-state index in [4.69, 9.17) is 4.42 Å². The van der Waals surface area contributed by atoms with E-state index < -0.39 is 0 Å².